The van der Waals surface area contributed by atoms with Crippen LogP contribution < -0.4 is 9.64 Å². The first kappa shape index (κ1) is 23.9. The molecule has 1 aliphatic heterocycles. The summed E-state index contributed by atoms with van der Waals surface area (Å²) >= 11 is 7.25. The van der Waals surface area contributed by atoms with Gasteiger partial charge >= 0.3 is 5.91 Å². The number of benzene rings is 3. The van der Waals surface area contributed by atoms with Crippen LogP contribution in [0.2, 0.25) is 5.02 Å². The van der Waals surface area contributed by atoms with E-state index in [0.717, 1.165) is 33.9 Å². The molecule has 1 aromatic heterocycles. The molecule has 10 heteroatoms. The molecule has 36 heavy (non-hydrogen) atoms. The highest BCUT2D eigenvalue weighted by molar-refractivity contribution is 7.22. The van der Waals surface area contributed by atoms with Crippen molar-refractivity contribution in [3.05, 3.63) is 93.5 Å². The van der Waals surface area contributed by atoms with Gasteiger partial charge in [-0.1, -0.05) is 52.8 Å². The lowest BCUT2D eigenvalue weighted by molar-refractivity contribution is -0.132. The van der Waals surface area contributed by atoms with Crippen molar-refractivity contribution in [3.8, 4) is 5.75 Å². The average Bonchev–Trinajstić information content (AvgIpc) is 3.36. The minimum absolute atomic E-state index is 0.0550. The largest absolute Gasteiger partial charge is 0.507 e. The number of ketones is 1. The van der Waals surface area contributed by atoms with Gasteiger partial charge in [0.15, 0.2) is 16.8 Å². The number of ether oxygens (including phenoxy) is 1. The number of aryl methyl sites for hydroxylation is 1. The van der Waals surface area contributed by atoms with Gasteiger partial charge in [-0.2, -0.15) is 0 Å². The Labute approximate surface area is 213 Å². The van der Waals surface area contributed by atoms with Gasteiger partial charge in [-0.05, 0) is 36.8 Å². The van der Waals surface area contributed by atoms with Crippen LogP contribution in [0.15, 0.2) is 60.2 Å². The topological polar surface area (TPSA) is 79.7 Å². The van der Waals surface area contributed by atoms with Crippen molar-refractivity contribution in [1.82, 2.24) is 4.98 Å². The number of methoxy groups -OCH3 is 1. The third-order valence-corrected chi connectivity index (χ3v) is 7.20. The van der Waals surface area contributed by atoms with Gasteiger partial charge in [-0.15, -0.1) is 0 Å². The summed E-state index contributed by atoms with van der Waals surface area (Å²) in [5.74, 6) is -4.12. The molecule has 0 bridgehead atoms. The van der Waals surface area contributed by atoms with Gasteiger partial charge in [0.1, 0.15) is 11.5 Å². The Morgan fingerprint density at radius 3 is 2.58 bits per heavy atom. The highest BCUT2D eigenvalue weighted by Crippen LogP contribution is 2.45. The highest BCUT2D eigenvalue weighted by Gasteiger charge is 2.48. The van der Waals surface area contributed by atoms with Crippen LogP contribution in [0, 0.1) is 18.6 Å². The Kier molecular flexibility index (Phi) is 5.97. The number of halogens is 3. The van der Waals surface area contributed by atoms with Crippen molar-refractivity contribution in [1.29, 1.82) is 0 Å². The molecule has 6 nitrogen and oxygen atoms in total. The summed E-state index contributed by atoms with van der Waals surface area (Å²) < 4.78 is 33.1. The van der Waals surface area contributed by atoms with E-state index in [1.165, 1.54) is 19.2 Å². The van der Waals surface area contributed by atoms with Crippen molar-refractivity contribution < 1.29 is 28.2 Å². The third-order valence-electron chi connectivity index (χ3n) is 5.86. The molecule has 1 amide bonds. The summed E-state index contributed by atoms with van der Waals surface area (Å²) in [6.07, 6.45) is 0. The van der Waals surface area contributed by atoms with Gasteiger partial charge in [-0.25, -0.2) is 13.8 Å². The third kappa shape index (κ3) is 3.90. The molecule has 0 saturated carbocycles. The van der Waals surface area contributed by atoms with E-state index in [1.807, 2.05) is 13.0 Å². The number of nitrogens with zero attached hydrogens (tertiary/aromatic N) is 2. The fraction of sp³-hybridized carbons (Fsp3) is 0.115. The Morgan fingerprint density at radius 2 is 1.86 bits per heavy atom. The fourth-order valence-electron chi connectivity index (χ4n) is 4.16. The lowest BCUT2D eigenvalue weighted by atomic mass is 9.94. The lowest BCUT2D eigenvalue weighted by Gasteiger charge is -2.23. The van der Waals surface area contributed by atoms with Crippen LogP contribution >= 0.6 is 22.9 Å². The summed E-state index contributed by atoms with van der Waals surface area (Å²) in [5.41, 5.74) is 1.43. The summed E-state index contributed by atoms with van der Waals surface area (Å²) in [7, 11) is 1.44. The lowest BCUT2D eigenvalue weighted by Crippen LogP contribution is -2.29. The minimum atomic E-state index is -1.08. The van der Waals surface area contributed by atoms with Gasteiger partial charge in [0.05, 0.1) is 34.0 Å². The zero-order valence-electron chi connectivity index (χ0n) is 18.9. The predicted molar refractivity (Wildman–Crippen MR) is 134 cm³/mol. The quantitative estimate of drug-likeness (QED) is 0.195. The molecular weight excluding hydrogens is 510 g/mol. The summed E-state index contributed by atoms with van der Waals surface area (Å²) in [6, 6.07) is 12.5. The molecular formula is C26H17ClF2N2O4S. The van der Waals surface area contributed by atoms with Crippen LogP contribution in [0.25, 0.3) is 16.0 Å². The number of Topliss-reactive ketones (excluding diaryl/α,β-unsaturated/α-hetero) is 1. The Hall–Kier alpha value is -3.82. The number of carbonyl (C=O) groups is 2. The van der Waals surface area contributed by atoms with E-state index < -0.39 is 35.1 Å². The fourth-order valence-corrected chi connectivity index (χ4v) is 5.36. The highest BCUT2D eigenvalue weighted by atomic mass is 35.5. The Morgan fingerprint density at radius 1 is 1.11 bits per heavy atom. The van der Waals surface area contributed by atoms with Crippen molar-refractivity contribution in [2.75, 3.05) is 12.0 Å². The Bertz CT molecular complexity index is 1560. The van der Waals surface area contributed by atoms with Gasteiger partial charge < -0.3 is 9.84 Å². The maximum atomic E-state index is 13.8. The number of thiazole rings is 1. The van der Waals surface area contributed by atoms with Crippen molar-refractivity contribution in [2.24, 2.45) is 0 Å². The van der Waals surface area contributed by atoms with Crippen LogP contribution in [0.4, 0.5) is 13.9 Å². The maximum absolute atomic E-state index is 13.8. The number of fused-ring (bicyclic) bond motifs is 1. The minimum Gasteiger partial charge on any atom is -0.507 e. The summed E-state index contributed by atoms with van der Waals surface area (Å²) in [6.45, 7) is 1.85. The van der Waals surface area contributed by atoms with Gasteiger partial charge in [-0.3, -0.25) is 14.5 Å². The number of aliphatic hydroxyl groups is 1. The van der Waals surface area contributed by atoms with E-state index in [4.69, 9.17) is 16.3 Å². The second-order valence-corrected chi connectivity index (χ2v) is 9.58. The second-order valence-electron chi connectivity index (χ2n) is 8.16. The molecule has 0 radical (unpaired) electrons. The molecule has 1 aliphatic rings. The number of hydrogen-bond acceptors (Lipinski definition) is 6. The van der Waals surface area contributed by atoms with Crippen LogP contribution in [0.5, 0.6) is 5.75 Å². The monoisotopic (exact) mass is 526 g/mol. The molecule has 1 N–H and O–H groups in total. The molecule has 182 valence electrons. The predicted octanol–water partition coefficient (Wildman–Crippen LogP) is 6.17. The van der Waals surface area contributed by atoms with Crippen LogP contribution in [0.1, 0.15) is 22.7 Å². The average molecular weight is 527 g/mol. The van der Waals surface area contributed by atoms with Crippen molar-refractivity contribution in [3.63, 3.8) is 0 Å². The number of carbonyl (C=O) groups excluding carboxylic acids is 2. The molecule has 2 heterocycles. The van der Waals surface area contributed by atoms with E-state index in [9.17, 15) is 23.5 Å². The smallest absolute Gasteiger partial charge is 0.301 e. The van der Waals surface area contributed by atoms with Crippen LogP contribution in [-0.2, 0) is 9.59 Å². The van der Waals surface area contributed by atoms with Gasteiger partial charge in [0.25, 0.3) is 5.78 Å². The molecule has 0 aliphatic carbocycles. The maximum Gasteiger partial charge on any atom is 0.301 e. The number of hydrogen-bond donors (Lipinski definition) is 1. The van der Waals surface area contributed by atoms with Crippen LogP contribution in [-0.4, -0.2) is 28.9 Å². The van der Waals surface area contributed by atoms with Crippen molar-refractivity contribution >= 4 is 55.7 Å². The zero-order chi connectivity index (χ0) is 25.7. The van der Waals surface area contributed by atoms with Crippen molar-refractivity contribution in [2.45, 2.75) is 13.0 Å². The standard InChI is InChI=1S/C26H17ClF2N2O4S/c1-12-4-3-5-13(8-12)22-21(23(32)15-9-14(35-2)6-7-16(15)27)24(33)25(34)31(22)26-30-19-10-17(28)18(29)11-20(19)36-26/h3-11,22,32H,1-2H3/b23-21+. The first-order valence-electron chi connectivity index (χ1n) is 10.7. The second kappa shape index (κ2) is 9.00. The van der Waals surface area contributed by atoms with E-state index in [0.29, 0.717) is 16.0 Å². The molecule has 1 unspecified atom stereocenters. The summed E-state index contributed by atoms with van der Waals surface area (Å²) in [5, 5.41) is 11.5. The molecule has 4 aromatic rings. The van der Waals surface area contributed by atoms with Crippen LogP contribution in [0.3, 0.4) is 0 Å². The first-order valence-corrected chi connectivity index (χ1v) is 11.9. The molecule has 5 rings (SSSR count). The molecule has 1 fully saturated rings. The van der Waals surface area contributed by atoms with Gasteiger partial charge in [0, 0.05) is 11.6 Å². The van der Waals surface area contributed by atoms with E-state index >= 15 is 0 Å². The number of anilines is 1. The summed E-state index contributed by atoms with van der Waals surface area (Å²) in [4.78, 5) is 32.1. The SMILES string of the molecule is COc1ccc(Cl)c(/C(O)=C2\C(=O)C(=O)N(c3nc4cc(F)c(F)cc4s3)C2c2cccc(C)c2)c1. The van der Waals surface area contributed by atoms with E-state index in [1.54, 1.807) is 24.3 Å². The number of rotatable bonds is 4. The first-order chi connectivity index (χ1) is 17.2. The Balaban J connectivity index is 1.76. The van der Waals surface area contributed by atoms with E-state index in [2.05, 4.69) is 4.98 Å². The van der Waals surface area contributed by atoms with E-state index in [-0.39, 0.29) is 26.8 Å². The molecule has 1 saturated heterocycles. The normalized spacial score (nSPS) is 17.2. The molecule has 1 atom stereocenters. The molecule has 3 aromatic carbocycles. The zero-order valence-corrected chi connectivity index (χ0v) is 20.5. The number of aromatic nitrogens is 1. The molecule has 0 spiro atoms. The van der Waals surface area contributed by atoms with Gasteiger partial charge in [0.2, 0.25) is 0 Å². The number of aliphatic hydroxyl groups excluding tert-OH is 1. The number of amides is 1.